The number of nitrogens with one attached hydrogen (secondary N) is 1. The van der Waals surface area contributed by atoms with Gasteiger partial charge in [-0.2, -0.15) is 0 Å². The summed E-state index contributed by atoms with van der Waals surface area (Å²) in [7, 11) is 0. The molecule has 3 rings (SSSR count). The van der Waals surface area contributed by atoms with Gasteiger partial charge in [-0.3, -0.25) is 4.90 Å². The Kier molecular flexibility index (Phi) is 1.81. The molecule has 0 atom stereocenters. The second kappa shape index (κ2) is 3.08. The fourth-order valence-corrected chi connectivity index (χ4v) is 2.11. The second-order valence-electron chi connectivity index (χ2n) is 3.65. The van der Waals surface area contributed by atoms with Crippen molar-refractivity contribution in [1.82, 2.24) is 20.1 Å². The van der Waals surface area contributed by atoms with E-state index >= 15 is 0 Å². The number of aromatic amines is 1. The largest absolute Gasteiger partial charge is 0.465 e. The highest BCUT2D eigenvalue weighted by Gasteiger charge is 2.27. The molecule has 2 aromatic heterocycles. The van der Waals surface area contributed by atoms with Gasteiger partial charge in [-0.15, -0.1) is 10.2 Å². The number of H-pyrrole nitrogens is 1. The lowest BCUT2D eigenvalue weighted by atomic mass is 10.2. The van der Waals surface area contributed by atoms with Crippen LogP contribution in [-0.4, -0.2) is 31.3 Å². The van der Waals surface area contributed by atoms with Crippen molar-refractivity contribution in [3.05, 3.63) is 22.5 Å². The maximum Gasteiger partial charge on any atom is 0.407 e. The average Bonchev–Trinajstić information content (AvgIpc) is 2.75. The molecule has 0 fully saturated rings. The van der Waals surface area contributed by atoms with Crippen LogP contribution in [0.25, 0.3) is 11.0 Å². The molecule has 0 aromatic carbocycles. The first-order valence-corrected chi connectivity index (χ1v) is 5.03. The molecular weight excluding hydrogens is 232 g/mol. The van der Waals surface area contributed by atoms with Crippen LogP contribution in [0.5, 0.6) is 0 Å². The van der Waals surface area contributed by atoms with Crippen LogP contribution in [0.2, 0.25) is 5.15 Å². The number of carbonyl (C=O) groups is 1. The molecule has 0 unspecified atom stereocenters. The fraction of sp³-hybridized carbons (Fsp3) is 0.222. The van der Waals surface area contributed by atoms with Crippen molar-refractivity contribution in [2.24, 2.45) is 0 Å². The number of hydrogen-bond acceptors (Lipinski definition) is 3. The van der Waals surface area contributed by atoms with E-state index in [-0.39, 0.29) is 0 Å². The number of carboxylic acid groups (broad SMARTS) is 1. The Bertz CT molecular complexity index is 594. The Morgan fingerprint density at radius 2 is 2.31 bits per heavy atom. The Morgan fingerprint density at radius 1 is 1.50 bits per heavy atom. The van der Waals surface area contributed by atoms with Gasteiger partial charge in [-0.25, -0.2) is 4.79 Å². The number of hydrogen-bond donors (Lipinski definition) is 2. The van der Waals surface area contributed by atoms with Gasteiger partial charge in [0.05, 0.1) is 13.1 Å². The first-order valence-electron chi connectivity index (χ1n) is 4.65. The molecule has 6 nitrogen and oxygen atoms in total. The topological polar surface area (TPSA) is 82.1 Å². The predicted octanol–water partition coefficient (Wildman–Crippen LogP) is 1.60. The van der Waals surface area contributed by atoms with Gasteiger partial charge in [0.2, 0.25) is 0 Å². The average molecular weight is 239 g/mol. The number of aromatic nitrogens is 3. The van der Waals surface area contributed by atoms with Crippen LogP contribution in [-0.2, 0) is 13.1 Å². The maximum absolute atomic E-state index is 10.8. The lowest BCUT2D eigenvalue weighted by molar-refractivity contribution is 0.145. The third-order valence-electron chi connectivity index (χ3n) is 2.69. The molecule has 0 saturated carbocycles. The van der Waals surface area contributed by atoms with E-state index in [1.54, 1.807) is 6.07 Å². The third kappa shape index (κ3) is 1.23. The summed E-state index contributed by atoms with van der Waals surface area (Å²) in [5.74, 6) is 0. The van der Waals surface area contributed by atoms with Gasteiger partial charge in [-0.1, -0.05) is 11.6 Å². The van der Waals surface area contributed by atoms with E-state index in [1.165, 1.54) is 4.90 Å². The van der Waals surface area contributed by atoms with Crippen molar-refractivity contribution in [2.45, 2.75) is 13.1 Å². The highest BCUT2D eigenvalue weighted by Crippen LogP contribution is 2.29. The summed E-state index contributed by atoms with van der Waals surface area (Å²) in [5, 5.41) is 17.7. The molecule has 2 aromatic rings. The number of nitrogens with zero attached hydrogens (tertiary/aromatic N) is 3. The molecule has 0 radical (unpaired) electrons. The van der Waals surface area contributed by atoms with Crippen LogP contribution in [0.15, 0.2) is 6.07 Å². The fourth-order valence-electron chi connectivity index (χ4n) is 1.96. The molecule has 7 heteroatoms. The monoisotopic (exact) mass is 238 g/mol. The van der Waals surface area contributed by atoms with Gasteiger partial charge < -0.3 is 10.1 Å². The standard InChI is InChI=1S/C9H7ClN4O2/c10-7-1-4-5-2-14(9(15)16)3-6(5)11-8(4)13-12-7/h1H,2-3H2,(H,11,13)(H,15,16). The Labute approximate surface area is 94.8 Å². The summed E-state index contributed by atoms with van der Waals surface area (Å²) in [6, 6.07) is 1.70. The summed E-state index contributed by atoms with van der Waals surface area (Å²) in [5.41, 5.74) is 2.46. The van der Waals surface area contributed by atoms with E-state index in [2.05, 4.69) is 15.2 Å². The van der Waals surface area contributed by atoms with Gasteiger partial charge in [0.25, 0.3) is 0 Å². The SMILES string of the molecule is O=C(O)N1Cc2[nH]c3nnc(Cl)cc3c2C1. The minimum atomic E-state index is -0.925. The molecule has 0 saturated heterocycles. The predicted molar refractivity (Wildman–Crippen MR) is 56.2 cm³/mol. The summed E-state index contributed by atoms with van der Waals surface area (Å²) in [6.07, 6.45) is -0.925. The highest BCUT2D eigenvalue weighted by atomic mass is 35.5. The maximum atomic E-state index is 10.8. The molecule has 0 spiro atoms. The molecule has 0 bridgehead atoms. The summed E-state index contributed by atoms with van der Waals surface area (Å²) in [6.45, 7) is 0.728. The van der Waals surface area contributed by atoms with Crippen LogP contribution in [0.4, 0.5) is 4.79 Å². The van der Waals surface area contributed by atoms with Crippen molar-refractivity contribution in [1.29, 1.82) is 0 Å². The normalized spacial score (nSPS) is 14.4. The van der Waals surface area contributed by atoms with E-state index < -0.39 is 6.09 Å². The highest BCUT2D eigenvalue weighted by molar-refractivity contribution is 6.29. The van der Waals surface area contributed by atoms with Gasteiger partial charge in [0.1, 0.15) is 0 Å². The zero-order chi connectivity index (χ0) is 11.3. The molecule has 16 heavy (non-hydrogen) atoms. The molecule has 2 N–H and O–H groups in total. The Hall–Kier alpha value is -1.82. The first kappa shape index (κ1) is 9.41. The van der Waals surface area contributed by atoms with E-state index in [1.807, 2.05) is 0 Å². The van der Waals surface area contributed by atoms with Crippen LogP contribution in [0, 0.1) is 0 Å². The lowest BCUT2D eigenvalue weighted by Crippen LogP contribution is -2.23. The third-order valence-corrected chi connectivity index (χ3v) is 2.88. The Balaban J connectivity index is 2.13. The Morgan fingerprint density at radius 3 is 3.06 bits per heavy atom. The smallest absolute Gasteiger partial charge is 0.407 e. The summed E-state index contributed by atoms with van der Waals surface area (Å²) >= 11 is 5.76. The number of halogens is 1. The van der Waals surface area contributed by atoms with Crippen molar-refractivity contribution >= 4 is 28.7 Å². The first-order chi connectivity index (χ1) is 7.65. The van der Waals surface area contributed by atoms with E-state index in [9.17, 15) is 4.79 Å². The van der Waals surface area contributed by atoms with Crippen LogP contribution in [0.1, 0.15) is 11.3 Å². The second-order valence-corrected chi connectivity index (χ2v) is 4.04. The van der Waals surface area contributed by atoms with Crippen molar-refractivity contribution in [3.8, 4) is 0 Å². The van der Waals surface area contributed by atoms with Crippen LogP contribution in [0.3, 0.4) is 0 Å². The molecule has 0 aliphatic carbocycles. The van der Waals surface area contributed by atoms with Gasteiger partial charge in [0, 0.05) is 16.6 Å². The molecule has 1 amide bonds. The minimum absolute atomic E-state index is 0.308. The van der Waals surface area contributed by atoms with Crippen molar-refractivity contribution in [3.63, 3.8) is 0 Å². The number of amides is 1. The number of fused-ring (bicyclic) bond motifs is 3. The molecule has 1 aliphatic heterocycles. The molecule has 82 valence electrons. The van der Waals surface area contributed by atoms with Crippen molar-refractivity contribution in [2.75, 3.05) is 0 Å². The van der Waals surface area contributed by atoms with Crippen molar-refractivity contribution < 1.29 is 9.90 Å². The van der Waals surface area contributed by atoms with E-state index in [0.717, 1.165) is 16.6 Å². The lowest BCUT2D eigenvalue weighted by Gasteiger charge is -2.09. The number of rotatable bonds is 0. The summed E-state index contributed by atoms with van der Waals surface area (Å²) in [4.78, 5) is 15.2. The van der Waals surface area contributed by atoms with Crippen LogP contribution >= 0.6 is 11.6 Å². The minimum Gasteiger partial charge on any atom is -0.465 e. The zero-order valence-corrected chi connectivity index (χ0v) is 8.82. The zero-order valence-electron chi connectivity index (χ0n) is 8.07. The molecule has 3 heterocycles. The van der Waals surface area contributed by atoms with Crippen LogP contribution < -0.4 is 0 Å². The van der Waals surface area contributed by atoms with Gasteiger partial charge in [-0.05, 0) is 6.07 Å². The van der Waals surface area contributed by atoms with Gasteiger partial charge >= 0.3 is 6.09 Å². The van der Waals surface area contributed by atoms with E-state index in [0.29, 0.717) is 23.9 Å². The quantitative estimate of drug-likeness (QED) is 0.730. The molecule has 1 aliphatic rings. The molecular formula is C9H7ClN4O2. The van der Waals surface area contributed by atoms with Gasteiger partial charge in [0.15, 0.2) is 10.8 Å². The van der Waals surface area contributed by atoms with E-state index in [4.69, 9.17) is 16.7 Å². The summed E-state index contributed by atoms with van der Waals surface area (Å²) < 4.78 is 0.